The van der Waals surface area contributed by atoms with Gasteiger partial charge in [0.2, 0.25) is 10.0 Å². The SMILES string of the molecule is C.CS(=O)(=O)NCC1(F)CCCCC1.NCC1(F)CCCCC1. The zero-order valence-corrected chi connectivity index (χ0v) is 14.4. The van der Waals surface area contributed by atoms with Crippen LogP contribution in [-0.4, -0.2) is 39.1 Å². The summed E-state index contributed by atoms with van der Waals surface area (Å²) in [7, 11) is -3.25. The monoisotopic (exact) mass is 356 g/mol. The molecule has 2 fully saturated rings. The first-order chi connectivity index (χ1) is 10.2. The lowest BCUT2D eigenvalue weighted by molar-refractivity contribution is 0.112. The van der Waals surface area contributed by atoms with Gasteiger partial charge in [0.05, 0.1) is 6.26 Å². The lowest BCUT2D eigenvalue weighted by Gasteiger charge is -2.29. The molecule has 0 bridgehead atoms. The fraction of sp³-hybridized carbons (Fsp3) is 1.00. The first-order valence-electron chi connectivity index (χ1n) is 8.21. The van der Waals surface area contributed by atoms with Gasteiger partial charge in [-0.1, -0.05) is 46.0 Å². The third kappa shape index (κ3) is 9.57. The van der Waals surface area contributed by atoms with Gasteiger partial charge in [-0.25, -0.2) is 21.9 Å². The molecule has 0 spiro atoms. The van der Waals surface area contributed by atoms with Crippen LogP contribution in [0.2, 0.25) is 0 Å². The van der Waals surface area contributed by atoms with Crippen molar-refractivity contribution in [2.45, 2.75) is 83.0 Å². The molecule has 2 rings (SSSR count). The Hall–Kier alpha value is -0.270. The highest BCUT2D eigenvalue weighted by molar-refractivity contribution is 7.88. The molecule has 23 heavy (non-hydrogen) atoms. The van der Waals surface area contributed by atoms with E-state index in [-0.39, 0.29) is 20.5 Å². The van der Waals surface area contributed by atoms with Gasteiger partial charge in [-0.15, -0.1) is 0 Å². The Morgan fingerprint density at radius 2 is 1.30 bits per heavy atom. The van der Waals surface area contributed by atoms with Crippen molar-refractivity contribution in [3.63, 3.8) is 0 Å². The quantitative estimate of drug-likeness (QED) is 0.810. The molecule has 0 aromatic heterocycles. The minimum Gasteiger partial charge on any atom is -0.328 e. The van der Waals surface area contributed by atoms with E-state index in [0.29, 0.717) is 25.7 Å². The maximum absolute atomic E-state index is 13.8. The van der Waals surface area contributed by atoms with Crippen molar-refractivity contribution in [2.24, 2.45) is 5.73 Å². The summed E-state index contributed by atoms with van der Waals surface area (Å²) >= 11 is 0. The average molecular weight is 357 g/mol. The first-order valence-corrected chi connectivity index (χ1v) is 10.1. The van der Waals surface area contributed by atoms with Crippen LogP contribution < -0.4 is 10.5 Å². The van der Waals surface area contributed by atoms with Crippen LogP contribution >= 0.6 is 0 Å². The number of nitrogens with one attached hydrogen (secondary N) is 1. The van der Waals surface area contributed by atoms with Gasteiger partial charge in [-0.2, -0.15) is 0 Å². The van der Waals surface area contributed by atoms with Crippen LogP contribution in [0, 0.1) is 0 Å². The molecule has 140 valence electrons. The first kappa shape index (κ1) is 22.7. The van der Waals surface area contributed by atoms with E-state index in [0.717, 1.165) is 38.4 Å². The van der Waals surface area contributed by atoms with Crippen molar-refractivity contribution in [1.29, 1.82) is 0 Å². The molecular formula is C16H34F2N2O2S. The Morgan fingerprint density at radius 1 is 0.913 bits per heavy atom. The van der Waals surface area contributed by atoms with E-state index in [2.05, 4.69) is 4.72 Å². The summed E-state index contributed by atoms with van der Waals surface area (Å²) in [5, 5.41) is 0. The van der Waals surface area contributed by atoms with Crippen molar-refractivity contribution in [1.82, 2.24) is 4.72 Å². The van der Waals surface area contributed by atoms with Gasteiger partial charge < -0.3 is 5.73 Å². The molecule has 0 radical (unpaired) electrons. The van der Waals surface area contributed by atoms with Crippen LogP contribution in [0.5, 0.6) is 0 Å². The fourth-order valence-corrected chi connectivity index (χ4v) is 3.53. The van der Waals surface area contributed by atoms with Gasteiger partial charge in [0.25, 0.3) is 0 Å². The maximum Gasteiger partial charge on any atom is 0.208 e. The second-order valence-corrected chi connectivity index (χ2v) is 8.55. The van der Waals surface area contributed by atoms with Crippen molar-refractivity contribution >= 4 is 10.0 Å². The van der Waals surface area contributed by atoms with Gasteiger partial charge in [0.1, 0.15) is 11.3 Å². The van der Waals surface area contributed by atoms with E-state index in [4.69, 9.17) is 5.73 Å². The minimum atomic E-state index is -3.25. The predicted molar refractivity (Wildman–Crippen MR) is 92.5 cm³/mol. The molecule has 0 amide bonds. The van der Waals surface area contributed by atoms with Gasteiger partial charge in [0.15, 0.2) is 0 Å². The van der Waals surface area contributed by atoms with E-state index in [9.17, 15) is 17.2 Å². The van der Waals surface area contributed by atoms with Crippen molar-refractivity contribution in [3.05, 3.63) is 0 Å². The van der Waals surface area contributed by atoms with Crippen LogP contribution in [-0.2, 0) is 10.0 Å². The summed E-state index contributed by atoms with van der Waals surface area (Å²) in [6, 6.07) is 0. The summed E-state index contributed by atoms with van der Waals surface area (Å²) in [6.45, 7) is 0.152. The summed E-state index contributed by atoms with van der Waals surface area (Å²) in [6.07, 6.45) is 9.40. The number of rotatable bonds is 4. The summed E-state index contributed by atoms with van der Waals surface area (Å²) < 4.78 is 50.7. The van der Waals surface area contributed by atoms with E-state index in [1.807, 2.05) is 0 Å². The molecule has 0 aliphatic heterocycles. The second-order valence-electron chi connectivity index (χ2n) is 6.72. The van der Waals surface area contributed by atoms with Gasteiger partial charge >= 0.3 is 0 Å². The molecule has 0 aromatic rings. The third-order valence-electron chi connectivity index (χ3n) is 4.52. The van der Waals surface area contributed by atoms with Gasteiger partial charge in [0, 0.05) is 13.1 Å². The number of nitrogens with two attached hydrogens (primary N) is 1. The minimum absolute atomic E-state index is 0. The van der Waals surface area contributed by atoms with Crippen LogP contribution in [0.15, 0.2) is 0 Å². The Morgan fingerprint density at radius 3 is 1.61 bits per heavy atom. The Balaban J connectivity index is 0.000000427. The molecule has 3 N–H and O–H groups in total. The van der Waals surface area contributed by atoms with Crippen molar-refractivity contribution in [2.75, 3.05) is 19.3 Å². The molecule has 0 aromatic carbocycles. The molecule has 2 aliphatic carbocycles. The van der Waals surface area contributed by atoms with E-state index >= 15 is 0 Å². The Kier molecular flexibility index (Phi) is 9.77. The summed E-state index contributed by atoms with van der Waals surface area (Å²) in [5.41, 5.74) is 2.96. The van der Waals surface area contributed by atoms with E-state index in [1.54, 1.807) is 0 Å². The number of hydrogen-bond donors (Lipinski definition) is 2. The van der Waals surface area contributed by atoms with Crippen LogP contribution in [0.1, 0.15) is 71.6 Å². The van der Waals surface area contributed by atoms with E-state index < -0.39 is 21.4 Å². The molecule has 2 saturated carbocycles. The lowest BCUT2D eigenvalue weighted by Crippen LogP contribution is -2.40. The van der Waals surface area contributed by atoms with Gasteiger partial charge in [-0.3, -0.25) is 0 Å². The highest BCUT2D eigenvalue weighted by Crippen LogP contribution is 2.31. The zero-order chi connectivity index (χ0) is 16.7. The normalized spacial score (nSPS) is 23.1. The lowest BCUT2D eigenvalue weighted by atomic mass is 9.87. The largest absolute Gasteiger partial charge is 0.328 e. The summed E-state index contributed by atoms with van der Waals surface area (Å²) in [5.74, 6) is 0. The second kappa shape index (κ2) is 9.89. The fourth-order valence-electron chi connectivity index (χ4n) is 3.01. The number of alkyl halides is 2. The van der Waals surface area contributed by atoms with Gasteiger partial charge in [-0.05, 0) is 25.7 Å². The molecule has 0 atom stereocenters. The zero-order valence-electron chi connectivity index (χ0n) is 13.5. The van der Waals surface area contributed by atoms with Crippen molar-refractivity contribution in [3.8, 4) is 0 Å². The molecule has 4 nitrogen and oxygen atoms in total. The molecule has 2 aliphatic rings. The summed E-state index contributed by atoms with van der Waals surface area (Å²) in [4.78, 5) is 0. The molecule has 7 heteroatoms. The Bertz CT molecular complexity index is 418. The standard InChI is InChI=1S/C8H16FNO2S.C7H14FN.CH4/c1-13(11,12)10-7-8(9)5-3-2-4-6-8;8-7(6-9)4-2-1-3-5-7;/h10H,2-7H2,1H3;1-6,9H2;1H4. The highest BCUT2D eigenvalue weighted by Gasteiger charge is 2.32. The number of halogens is 2. The van der Waals surface area contributed by atoms with Crippen LogP contribution in [0.25, 0.3) is 0 Å². The number of sulfonamides is 1. The Labute approximate surface area is 140 Å². The maximum atomic E-state index is 13.8. The smallest absolute Gasteiger partial charge is 0.208 e. The molecular weight excluding hydrogens is 322 g/mol. The molecule has 0 unspecified atom stereocenters. The average Bonchev–Trinajstić information content (AvgIpc) is 2.47. The molecule has 0 saturated heterocycles. The van der Waals surface area contributed by atoms with Crippen LogP contribution in [0.4, 0.5) is 8.78 Å². The predicted octanol–water partition coefficient (Wildman–Crippen LogP) is 3.46. The highest BCUT2D eigenvalue weighted by atomic mass is 32.2. The van der Waals surface area contributed by atoms with E-state index in [1.165, 1.54) is 6.42 Å². The topological polar surface area (TPSA) is 72.2 Å². The van der Waals surface area contributed by atoms with Crippen molar-refractivity contribution < 1.29 is 17.2 Å². The van der Waals surface area contributed by atoms with Crippen LogP contribution in [0.3, 0.4) is 0 Å². The number of hydrogen-bond acceptors (Lipinski definition) is 3. The third-order valence-corrected chi connectivity index (χ3v) is 5.18. The molecule has 0 heterocycles.